The zero-order valence-electron chi connectivity index (χ0n) is 4.66. The van der Waals surface area contributed by atoms with Gasteiger partial charge in [0.05, 0.1) is 10.2 Å². The normalized spacial score (nSPS) is 4.36. The quantitative estimate of drug-likeness (QED) is 0.385. The molecule has 0 spiro atoms. The summed E-state index contributed by atoms with van der Waals surface area (Å²) >= 11 is 0. The smallest absolute Gasteiger partial charge is 0.0689 e. The molecule has 10 nitrogen and oxygen atoms in total. The second-order valence-electron chi connectivity index (χ2n) is 0.447. The minimum Gasteiger partial charge on any atom is -2.00 e. The van der Waals surface area contributed by atoms with Crippen LogP contribution in [0.15, 0.2) is 0 Å². The van der Waals surface area contributed by atoms with Crippen molar-refractivity contribution in [1.82, 2.24) is 0 Å². The third-order valence-electron chi connectivity index (χ3n) is 0. The van der Waals surface area contributed by atoms with Gasteiger partial charge < -0.3 is 41.6 Å². The van der Waals surface area contributed by atoms with Crippen molar-refractivity contribution in [2.45, 2.75) is 0 Å². The Morgan fingerprint density at radius 1 is 0.727 bits per heavy atom. The Hall–Kier alpha value is -0.628. The third kappa shape index (κ3) is 1290. The number of rotatable bonds is 0. The molecular formula is N2O8U-6. The molecule has 0 aromatic carbocycles. The van der Waals surface area contributed by atoms with Crippen LogP contribution in [0.25, 0.3) is 0 Å². The first-order chi connectivity index (χ1) is 3.46. The molecule has 68 valence electrons. The Kier molecular flexibility index (Phi) is 65.3. The van der Waals surface area contributed by atoms with Crippen molar-refractivity contribution in [2.24, 2.45) is 0 Å². The van der Waals surface area contributed by atoms with E-state index in [-0.39, 0.29) is 42.1 Å². The summed E-state index contributed by atoms with van der Waals surface area (Å²) in [7, 11) is 0. The summed E-state index contributed by atoms with van der Waals surface area (Å²) in [4.78, 5) is 16.5. The van der Waals surface area contributed by atoms with Crippen molar-refractivity contribution >= 4 is 0 Å². The molecule has 0 bridgehead atoms. The maximum Gasteiger partial charge on any atom is 0.0689 e. The van der Waals surface area contributed by atoms with Gasteiger partial charge in [-0.15, -0.1) is 0 Å². The van der Waals surface area contributed by atoms with E-state index in [4.69, 9.17) is 30.6 Å². The van der Waals surface area contributed by atoms with Crippen LogP contribution in [0.3, 0.4) is 0 Å². The summed E-state index contributed by atoms with van der Waals surface area (Å²) < 4.78 is 0. The molecule has 0 unspecified atom stereocenters. The van der Waals surface area contributed by atoms with E-state index in [0.29, 0.717) is 0 Å². The summed E-state index contributed by atoms with van der Waals surface area (Å²) in [6.45, 7) is 0. The summed E-state index contributed by atoms with van der Waals surface area (Å²) in [6, 6.07) is 0. The fraction of sp³-hybridized carbons (Fsp3) is 0. The molecule has 0 aliphatic rings. The molecule has 0 atom stereocenters. The van der Waals surface area contributed by atoms with E-state index in [2.05, 4.69) is 0 Å². The van der Waals surface area contributed by atoms with Gasteiger partial charge in [0.1, 0.15) is 0 Å². The van der Waals surface area contributed by atoms with E-state index >= 15 is 0 Å². The molecule has 0 saturated heterocycles. The number of hydrogen-bond acceptors (Lipinski definition) is 6. The molecule has 0 fully saturated rings. The van der Waals surface area contributed by atoms with Gasteiger partial charge in [0.15, 0.2) is 0 Å². The van der Waals surface area contributed by atoms with Crippen LogP contribution in [-0.2, 0) is 11.0 Å². The van der Waals surface area contributed by atoms with Gasteiger partial charge in [-0.25, -0.2) is 0 Å². The van der Waals surface area contributed by atoms with Crippen LogP contribution in [0.4, 0.5) is 0 Å². The number of nitrogens with zero attached hydrogens (tertiary/aromatic N) is 2. The first kappa shape index (κ1) is 31.6. The number of hydrogen-bond donors (Lipinski definition) is 0. The zero-order chi connectivity index (χ0) is 7.15. The Morgan fingerprint density at radius 2 is 0.727 bits per heavy atom. The van der Waals surface area contributed by atoms with Gasteiger partial charge in [-0.3, -0.25) is 0 Å². The van der Waals surface area contributed by atoms with Gasteiger partial charge in [0.2, 0.25) is 0 Å². The minimum absolute atomic E-state index is 0. The van der Waals surface area contributed by atoms with Crippen LogP contribution in [0.5, 0.6) is 0 Å². The molecule has 0 aliphatic carbocycles. The van der Waals surface area contributed by atoms with Crippen molar-refractivity contribution < 1.29 is 52.2 Å². The molecule has 0 amide bonds. The summed E-state index contributed by atoms with van der Waals surface area (Å²) in [5.74, 6) is 0. The molecule has 0 radical (unpaired) electrons. The predicted molar refractivity (Wildman–Crippen MR) is 22.1 cm³/mol. The van der Waals surface area contributed by atoms with Crippen molar-refractivity contribution in [3.8, 4) is 0 Å². The molecule has 0 aliphatic heterocycles. The molecule has 0 aromatic rings. The zero-order valence-corrected chi connectivity index (χ0v) is 8.82. The van der Waals surface area contributed by atoms with Gasteiger partial charge in [-0.1, -0.05) is 0 Å². The topological polar surface area (TPSA) is 189 Å². The average Bonchev–Trinajstić information content (AvgIpc) is 1.25. The Balaban J connectivity index is -0.0000000171. The van der Waals surface area contributed by atoms with E-state index in [1.165, 1.54) is 0 Å². The molecule has 0 rings (SSSR count). The van der Waals surface area contributed by atoms with Crippen LogP contribution in [-0.4, -0.2) is 10.2 Å². The van der Waals surface area contributed by atoms with Crippen molar-refractivity contribution in [2.75, 3.05) is 0 Å². The SMILES string of the molecule is O=[N+]([O-])[O-].O=[N+]([O-])[O-].[O-2].[O-2].[U]. The minimum atomic E-state index is -1.75. The van der Waals surface area contributed by atoms with Crippen LogP contribution >= 0.6 is 0 Å². The second-order valence-corrected chi connectivity index (χ2v) is 0.447. The van der Waals surface area contributed by atoms with E-state index in [1.54, 1.807) is 0 Å². The molecule has 0 N–H and O–H groups in total. The van der Waals surface area contributed by atoms with Gasteiger partial charge in [-0.2, -0.15) is 0 Å². The van der Waals surface area contributed by atoms with E-state index < -0.39 is 10.2 Å². The average molecular weight is 394 g/mol. The van der Waals surface area contributed by atoms with Crippen LogP contribution in [0.2, 0.25) is 0 Å². The molecule has 0 saturated carbocycles. The Labute approximate surface area is 83.0 Å². The predicted octanol–water partition coefficient (Wildman–Crippen LogP) is -0.716. The maximum atomic E-state index is 8.25. The van der Waals surface area contributed by atoms with Crippen molar-refractivity contribution in [3.05, 3.63) is 30.6 Å². The standard InChI is InChI=1S/2NO3.2O.U/c2*2-1(3)4;;;/q2*-1;2*-2;. The van der Waals surface area contributed by atoms with Crippen LogP contribution in [0.1, 0.15) is 0 Å². The Bertz CT molecular complexity index is 70.1. The van der Waals surface area contributed by atoms with Crippen LogP contribution in [0, 0.1) is 61.8 Å². The molecule has 11 heteroatoms. The van der Waals surface area contributed by atoms with Crippen molar-refractivity contribution in [3.63, 3.8) is 0 Å². The van der Waals surface area contributed by atoms with E-state index in [0.717, 1.165) is 0 Å². The maximum absolute atomic E-state index is 8.25. The third-order valence-corrected chi connectivity index (χ3v) is 0. The fourth-order valence-electron chi connectivity index (χ4n) is 0. The first-order valence-electron chi connectivity index (χ1n) is 1.10. The van der Waals surface area contributed by atoms with Gasteiger partial charge in [0.25, 0.3) is 0 Å². The van der Waals surface area contributed by atoms with Crippen molar-refractivity contribution in [1.29, 1.82) is 0 Å². The second kappa shape index (κ2) is 22.8. The first-order valence-corrected chi connectivity index (χ1v) is 1.10. The molecule has 0 aromatic heterocycles. The molecule has 11 heavy (non-hydrogen) atoms. The Morgan fingerprint density at radius 3 is 0.727 bits per heavy atom. The summed E-state index contributed by atoms with van der Waals surface area (Å²) in [5, 5.41) is 29.5. The van der Waals surface area contributed by atoms with Gasteiger partial charge in [0, 0.05) is 31.1 Å². The largest absolute Gasteiger partial charge is 2.00 e. The van der Waals surface area contributed by atoms with E-state index in [9.17, 15) is 0 Å². The fourth-order valence-corrected chi connectivity index (χ4v) is 0. The van der Waals surface area contributed by atoms with E-state index in [1.807, 2.05) is 0 Å². The van der Waals surface area contributed by atoms with Gasteiger partial charge >= 0.3 is 0 Å². The van der Waals surface area contributed by atoms with Crippen LogP contribution < -0.4 is 0 Å². The molecular weight excluding hydrogens is 394 g/mol. The molecule has 0 heterocycles. The summed E-state index contributed by atoms with van der Waals surface area (Å²) in [6.07, 6.45) is 0. The van der Waals surface area contributed by atoms with Gasteiger partial charge in [-0.05, 0) is 0 Å². The monoisotopic (exact) mass is 394 g/mol. The summed E-state index contributed by atoms with van der Waals surface area (Å²) in [5.41, 5.74) is 0.